The molecule has 0 spiro atoms. The van der Waals surface area contributed by atoms with Crippen LogP contribution in [-0.2, 0) is 32.9 Å². The zero-order chi connectivity index (χ0) is 48.6. The first kappa shape index (κ1) is 48.3. The van der Waals surface area contributed by atoms with Crippen LogP contribution in [0.3, 0.4) is 0 Å². The van der Waals surface area contributed by atoms with E-state index in [0.29, 0.717) is 99.7 Å². The molecule has 6 aromatic carbocycles. The molecule has 0 atom stereocenters. The van der Waals surface area contributed by atoms with Gasteiger partial charge >= 0.3 is 0 Å². The third-order valence-electron chi connectivity index (χ3n) is 13.0. The molecule has 0 bridgehead atoms. The third-order valence-corrected chi connectivity index (χ3v) is 13.6. The van der Waals surface area contributed by atoms with Crippen molar-refractivity contribution in [3.8, 4) is 52.1 Å². The number of rotatable bonds is 16. The van der Waals surface area contributed by atoms with Crippen molar-refractivity contribution in [1.82, 2.24) is 19.8 Å². The fourth-order valence-corrected chi connectivity index (χ4v) is 9.50. The maximum atomic E-state index is 10.1. The van der Waals surface area contributed by atoms with Crippen LogP contribution < -0.4 is 18.9 Å². The van der Waals surface area contributed by atoms with Crippen LogP contribution in [0.15, 0.2) is 116 Å². The molecule has 0 aliphatic carbocycles. The van der Waals surface area contributed by atoms with Gasteiger partial charge in [-0.05, 0) is 103 Å². The fraction of sp³-hybridized carbons (Fsp3) is 0.286. The van der Waals surface area contributed by atoms with Crippen LogP contribution in [0.2, 0.25) is 10.0 Å². The summed E-state index contributed by atoms with van der Waals surface area (Å²) in [6, 6.07) is 38.4. The molecule has 2 saturated heterocycles. The number of fused-ring (bicyclic) bond motifs is 1. The van der Waals surface area contributed by atoms with Gasteiger partial charge in [0.25, 0.3) is 0 Å². The largest absolute Gasteiger partial charge is 0.488 e. The van der Waals surface area contributed by atoms with Crippen LogP contribution >= 0.6 is 23.2 Å². The predicted octanol–water partition coefficient (Wildman–Crippen LogP) is 11.1. The van der Waals surface area contributed by atoms with Crippen molar-refractivity contribution in [2.45, 2.75) is 77.7 Å². The lowest BCUT2D eigenvalue weighted by molar-refractivity contribution is 0.0785. The average Bonchev–Trinajstić information content (AvgIpc) is 3.38. The van der Waals surface area contributed by atoms with Gasteiger partial charge in [0.2, 0.25) is 5.88 Å². The van der Waals surface area contributed by atoms with E-state index < -0.39 is 0 Å². The van der Waals surface area contributed by atoms with Gasteiger partial charge in [-0.3, -0.25) is 9.80 Å². The molecule has 0 radical (unpaired) electrons. The van der Waals surface area contributed by atoms with Crippen molar-refractivity contribution in [2.75, 3.05) is 26.2 Å². The zero-order valence-corrected chi connectivity index (χ0v) is 40.3. The number of likely N-dealkylation sites (tertiary alicyclic amines) is 2. The number of hydrogen-bond acceptors (Lipinski definition) is 12. The molecule has 9 rings (SSSR count). The van der Waals surface area contributed by atoms with Crippen LogP contribution in [0.5, 0.6) is 28.9 Å². The number of ether oxygens (including phenoxy) is 4. The lowest BCUT2D eigenvalue weighted by Gasteiger charge is -2.30. The van der Waals surface area contributed by atoms with Gasteiger partial charge in [-0.15, -0.1) is 0 Å². The summed E-state index contributed by atoms with van der Waals surface area (Å²) in [6.07, 6.45) is 3.71. The summed E-state index contributed by atoms with van der Waals surface area (Å²) in [6.45, 7) is 6.97. The van der Waals surface area contributed by atoms with Gasteiger partial charge in [-0.1, -0.05) is 77.8 Å². The van der Waals surface area contributed by atoms with Crippen molar-refractivity contribution < 1.29 is 29.2 Å². The Hall–Kier alpha value is -6.74. The molecule has 1 aromatic heterocycles. The summed E-state index contributed by atoms with van der Waals surface area (Å²) in [5.74, 6) is 2.38. The summed E-state index contributed by atoms with van der Waals surface area (Å²) >= 11 is 14.0. The number of nitrogens with zero attached hydrogens (tertiary/aromatic N) is 6. The van der Waals surface area contributed by atoms with Gasteiger partial charge in [0.1, 0.15) is 43.4 Å². The van der Waals surface area contributed by atoms with Crippen molar-refractivity contribution in [2.24, 2.45) is 0 Å². The highest BCUT2D eigenvalue weighted by Crippen LogP contribution is 2.41. The Morgan fingerprint density at radius 1 is 0.586 bits per heavy atom. The Balaban J connectivity index is 0.963. The molecule has 2 aliphatic heterocycles. The smallest absolute Gasteiger partial charge is 0.230 e. The van der Waals surface area contributed by atoms with Crippen molar-refractivity contribution in [3.63, 3.8) is 0 Å². The normalized spacial score (nSPS) is 14.8. The number of nitriles is 2. The molecule has 7 aromatic rings. The Morgan fingerprint density at radius 3 is 1.69 bits per heavy atom. The standard InChI is InChI=1S/C56H52Cl2N6O6/c1-36-41(34-69-53-26-51(67-32-39-8-2-6-37(22-39)28-59)42(24-49(53)57)30-63-18-14-44(65)15-19-63)10-4-11-46(36)47-12-5-13-48-55(47)61-35-62-56(48)70-54-27-52(68-33-40-9-3-7-38(23-40)29-60)43(25-50(54)58)31-64-20-16-45(66)17-21-64/h2-13,22-27,35,44-45,65-66H,14-21,30-34H2,1H3. The van der Waals surface area contributed by atoms with Gasteiger partial charge in [-0.25, -0.2) is 9.97 Å². The number of piperidine rings is 2. The molecule has 2 aliphatic rings. The van der Waals surface area contributed by atoms with Crippen LogP contribution in [0.25, 0.3) is 22.0 Å². The second kappa shape index (κ2) is 22.3. The Morgan fingerprint density at radius 2 is 1.10 bits per heavy atom. The molecule has 0 saturated carbocycles. The molecule has 356 valence electrons. The minimum Gasteiger partial charge on any atom is -0.488 e. The molecule has 14 heteroatoms. The molecule has 2 N–H and O–H groups in total. The van der Waals surface area contributed by atoms with E-state index in [0.717, 1.165) is 70.7 Å². The summed E-state index contributed by atoms with van der Waals surface area (Å²) < 4.78 is 25.9. The Bertz CT molecular complexity index is 3090. The van der Waals surface area contributed by atoms with E-state index >= 15 is 0 Å². The first-order chi connectivity index (χ1) is 34.1. The van der Waals surface area contributed by atoms with Crippen molar-refractivity contribution in [3.05, 3.63) is 170 Å². The zero-order valence-electron chi connectivity index (χ0n) is 38.8. The first-order valence-electron chi connectivity index (χ1n) is 23.4. The lowest BCUT2D eigenvalue weighted by atomic mass is 9.95. The first-order valence-corrected chi connectivity index (χ1v) is 24.2. The topological polar surface area (TPSA) is 157 Å². The molecular formula is C56H52Cl2N6O6. The lowest BCUT2D eigenvalue weighted by Crippen LogP contribution is -2.35. The monoisotopic (exact) mass is 974 g/mol. The predicted molar refractivity (Wildman–Crippen MR) is 269 cm³/mol. The summed E-state index contributed by atoms with van der Waals surface area (Å²) in [5.41, 5.74) is 9.08. The van der Waals surface area contributed by atoms with Gasteiger partial charge in [0.15, 0.2) is 5.75 Å². The van der Waals surface area contributed by atoms with Crippen molar-refractivity contribution in [1.29, 1.82) is 10.5 Å². The van der Waals surface area contributed by atoms with E-state index in [9.17, 15) is 20.7 Å². The van der Waals surface area contributed by atoms with Gasteiger partial charge in [-0.2, -0.15) is 10.5 Å². The fourth-order valence-electron chi connectivity index (χ4n) is 9.03. The average molecular weight is 976 g/mol. The van der Waals surface area contributed by atoms with Gasteiger partial charge in [0.05, 0.1) is 56.4 Å². The van der Waals surface area contributed by atoms with Crippen molar-refractivity contribution >= 4 is 34.1 Å². The molecule has 0 unspecified atom stereocenters. The van der Waals surface area contributed by atoms with Crippen LogP contribution in [0.4, 0.5) is 0 Å². The van der Waals surface area contributed by atoms with E-state index in [1.165, 1.54) is 6.33 Å². The number of aliphatic hydroxyl groups excluding tert-OH is 2. The van der Waals surface area contributed by atoms with Gasteiger partial charge < -0.3 is 29.2 Å². The SMILES string of the molecule is Cc1c(COc2cc(OCc3cccc(C#N)c3)c(CN3CCC(O)CC3)cc2Cl)cccc1-c1cccc2c(Oc3cc(OCc4cccc(C#N)c4)c(CN4CCC(O)CC4)cc3Cl)ncnc12. The molecule has 2 fully saturated rings. The Kier molecular flexibility index (Phi) is 15.4. The van der Waals surface area contributed by atoms with E-state index in [4.69, 9.17) is 47.1 Å². The minimum atomic E-state index is -0.298. The maximum Gasteiger partial charge on any atom is 0.230 e. The second-order valence-electron chi connectivity index (χ2n) is 17.9. The van der Waals surface area contributed by atoms with Crippen LogP contribution in [0, 0.1) is 29.6 Å². The highest BCUT2D eigenvalue weighted by molar-refractivity contribution is 6.32. The number of para-hydroxylation sites is 1. The van der Waals surface area contributed by atoms with Crippen LogP contribution in [0.1, 0.15) is 70.2 Å². The number of halogens is 2. The maximum absolute atomic E-state index is 10.1. The van der Waals surface area contributed by atoms with E-state index in [1.54, 1.807) is 24.3 Å². The number of aromatic nitrogens is 2. The quantitative estimate of drug-likeness (QED) is 0.0946. The third kappa shape index (κ3) is 11.6. The highest BCUT2D eigenvalue weighted by Gasteiger charge is 2.23. The van der Waals surface area contributed by atoms with E-state index in [-0.39, 0.29) is 32.0 Å². The molecule has 3 heterocycles. The van der Waals surface area contributed by atoms with Crippen LogP contribution in [-0.4, -0.2) is 68.4 Å². The second-order valence-corrected chi connectivity index (χ2v) is 18.7. The molecule has 0 amide bonds. The molecule has 70 heavy (non-hydrogen) atoms. The molecule has 12 nitrogen and oxygen atoms in total. The summed E-state index contributed by atoms with van der Waals surface area (Å²) in [5, 5.41) is 40.7. The Labute approximate surface area is 417 Å². The summed E-state index contributed by atoms with van der Waals surface area (Å²) in [4.78, 5) is 13.9. The number of benzene rings is 6. The number of aliphatic hydroxyl groups is 2. The minimum absolute atomic E-state index is 0.225. The van der Waals surface area contributed by atoms with E-state index in [1.807, 2.05) is 78.9 Å². The van der Waals surface area contributed by atoms with Gasteiger partial charge in [0, 0.05) is 68.1 Å². The van der Waals surface area contributed by atoms with E-state index in [2.05, 4.69) is 39.9 Å². The summed E-state index contributed by atoms with van der Waals surface area (Å²) in [7, 11) is 0. The molecular weight excluding hydrogens is 924 g/mol. The number of hydrogen-bond donors (Lipinski definition) is 2. The highest BCUT2D eigenvalue weighted by atomic mass is 35.5.